The Bertz CT molecular complexity index is 797. The summed E-state index contributed by atoms with van der Waals surface area (Å²) in [6.07, 6.45) is 0. The molecule has 1 aliphatic rings. The van der Waals surface area contributed by atoms with Crippen molar-refractivity contribution in [2.75, 3.05) is 6.54 Å². The van der Waals surface area contributed by atoms with E-state index in [1.54, 1.807) is 12.1 Å². The smallest absolute Gasteiger partial charge is 0.326 e. The summed E-state index contributed by atoms with van der Waals surface area (Å²) in [5.41, 5.74) is 0.523. The van der Waals surface area contributed by atoms with E-state index >= 15 is 0 Å². The molecule has 5 nitrogen and oxygen atoms in total. The number of ether oxygens (including phenoxy) is 1. The second-order valence-corrected chi connectivity index (χ2v) is 5.51. The predicted octanol–water partition coefficient (Wildman–Crippen LogP) is 2.82. The van der Waals surface area contributed by atoms with Crippen molar-refractivity contribution >= 4 is 29.4 Å². The van der Waals surface area contributed by atoms with Gasteiger partial charge in [-0.1, -0.05) is 29.8 Å². The van der Waals surface area contributed by atoms with Gasteiger partial charge in [0.05, 0.1) is 16.1 Å². The van der Waals surface area contributed by atoms with Crippen LogP contribution in [0.4, 0.5) is 4.39 Å². The molecule has 1 aliphatic heterocycles. The third kappa shape index (κ3) is 2.88. The molecule has 0 saturated carbocycles. The molecule has 2 aromatic carbocycles. The molecule has 0 aromatic heterocycles. The Morgan fingerprint density at radius 2 is 1.67 bits per heavy atom. The number of hydrogen-bond acceptors (Lipinski definition) is 4. The number of hydrogen-bond donors (Lipinski definition) is 0. The number of imide groups is 1. The molecular weight excluding hydrogens is 337 g/mol. The average Bonchev–Trinajstić information content (AvgIpc) is 2.80. The lowest BCUT2D eigenvalue weighted by Crippen LogP contribution is -2.35. The molecule has 3 rings (SSSR count). The van der Waals surface area contributed by atoms with Gasteiger partial charge in [-0.25, -0.2) is 4.39 Å². The number of carbonyl (C=O) groups is 3. The van der Waals surface area contributed by atoms with E-state index in [-0.39, 0.29) is 28.3 Å². The van der Waals surface area contributed by atoms with E-state index in [0.717, 1.165) is 4.90 Å². The first-order valence-electron chi connectivity index (χ1n) is 7.03. The molecule has 0 atom stereocenters. The van der Waals surface area contributed by atoms with Crippen LogP contribution in [0.15, 0.2) is 42.5 Å². The Balaban J connectivity index is 1.66. The van der Waals surface area contributed by atoms with Crippen molar-refractivity contribution in [1.29, 1.82) is 0 Å². The fourth-order valence-corrected chi connectivity index (χ4v) is 2.60. The lowest BCUT2D eigenvalue weighted by molar-refractivity contribution is -0.145. The number of fused-ring (bicyclic) bond motifs is 1. The lowest BCUT2D eigenvalue weighted by Gasteiger charge is -2.13. The van der Waals surface area contributed by atoms with Crippen molar-refractivity contribution in [3.05, 3.63) is 70.0 Å². The first kappa shape index (κ1) is 16.1. The number of carbonyl (C=O) groups excluding carboxylic acids is 3. The van der Waals surface area contributed by atoms with Gasteiger partial charge in [0.1, 0.15) is 19.0 Å². The highest BCUT2D eigenvalue weighted by molar-refractivity contribution is 6.31. The van der Waals surface area contributed by atoms with Gasteiger partial charge in [0, 0.05) is 5.56 Å². The third-order valence-electron chi connectivity index (χ3n) is 3.60. The number of rotatable bonds is 4. The number of esters is 1. The molecule has 0 aliphatic carbocycles. The summed E-state index contributed by atoms with van der Waals surface area (Å²) in [7, 11) is 0. The van der Waals surface area contributed by atoms with Gasteiger partial charge in [0.25, 0.3) is 11.8 Å². The molecule has 7 heteroatoms. The summed E-state index contributed by atoms with van der Waals surface area (Å²) in [5.74, 6) is -2.55. The quantitative estimate of drug-likeness (QED) is 0.630. The van der Waals surface area contributed by atoms with Gasteiger partial charge in [0.2, 0.25) is 0 Å². The Morgan fingerprint density at radius 3 is 2.25 bits per heavy atom. The highest BCUT2D eigenvalue weighted by Crippen LogP contribution is 2.23. The van der Waals surface area contributed by atoms with E-state index < -0.39 is 30.1 Å². The van der Waals surface area contributed by atoms with Gasteiger partial charge < -0.3 is 4.74 Å². The largest absolute Gasteiger partial charge is 0.459 e. The van der Waals surface area contributed by atoms with E-state index in [9.17, 15) is 18.8 Å². The highest BCUT2D eigenvalue weighted by Gasteiger charge is 2.36. The van der Waals surface area contributed by atoms with Crippen LogP contribution >= 0.6 is 11.6 Å². The summed E-state index contributed by atoms with van der Waals surface area (Å²) < 4.78 is 18.6. The zero-order valence-electron chi connectivity index (χ0n) is 12.3. The standard InChI is InChI=1S/C17H11ClFNO4/c18-13-6-3-7-14(19)12(13)9-24-15(21)8-20-16(22)10-4-1-2-5-11(10)17(20)23/h1-7H,8-9H2. The van der Waals surface area contributed by atoms with Crippen LogP contribution in [0.3, 0.4) is 0 Å². The normalized spacial score (nSPS) is 13.2. The fourth-order valence-electron chi connectivity index (χ4n) is 2.38. The summed E-state index contributed by atoms with van der Waals surface area (Å²) in [6, 6.07) is 10.4. The summed E-state index contributed by atoms with van der Waals surface area (Å²) in [5, 5.41) is 0.128. The van der Waals surface area contributed by atoms with E-state index in [2.05, 4.69) is 0 Å². The van der Waals surface area contributed by atoms with E-state index in [1.165, 1.54) is 30.3 Å². The van der Waals surface area contributed by atoms with E-state index in [4.69, 9.17) is 16.3 Å². The van der Waals surface area contributed by atoms with Crippen LogP contribution in [-0.4, -0.2) is 29.2 Å². The number of halogens is 2. The lowest BCUT2D eigenvalue weighted by atomic mass is 10.1. The Morgan fingerprint density at radius 1 is 1.04 bits per heavy atom. The monoisotopic (exact) mass is 347 g/mol. The second-order valence-electron chi connectivity index (χ2n) is 5.10. The minimum Gasteiger partial charge on any atom is -0.459 e. The van der Waals surface area contributed by atoms with Crippen LogP contribution in [0.25, 0.3) is 0 Å². The summed E-state index contributed by atoms with van der Waals surface area (Å²) in [4.78, 5) is 37.0. The molecule has 2 aromatic rings. The molecule has 0 saturated heterocycles. The van der Waals surface area contributed by atoms with Gasteiger partial charge in [-0.3, -0.25) is 19.3 Å². The minimum absolute atomic E-state index is 0.0369. The number of benzene rings is 2. The van der Waals surface area contributed by atoms with Crippen molar-refractivity contribution < 1.29 is 23.5 Å². The molecular formula is C17H11ClFNO4. The van der Waals surface area contributed by atoms with Gasteiger partial charge in [-0.15, -0.1) is 0 Å². The Kier molecular flexibility index (Phi) is 4.31. The van der Waals surface area contributed by atoms with Crippen LogP contribution in [0.5, 0.6) is 0 Å². The molecule has 0 N–H and O–H groups in total. The summed E-state index contributed by atoms with van der Waals surface area (Å²) >= 11 is 5.84. The van der Waals surface area contributed by atoms with Gasteiger partial charge in [-0.2, -0.15) is 0 Å². The van der Waals surface area contributed by atoms with Crippen LogP contribution < -0.4 is 0 Å². The maximum atomic E-state index is 13.6. The number of amides is 2. The van der Waals surface area contributed by atoms with Crippen molar-refractivity contribution in [2.24, 2.45) is 0 Å². The van der Waals surface area contributed by atoms with Crippen molar-refractivity contribution in [1.82, 2.24) is 4.90 Å². The molecule has 0 fully saturated rings. The molecule has 0 spiro atoms. The highest BCUT2D eigenvalue weighted by atomic mass is 35.5. The maximum Gasteiger partial charge on any atom is 0.326 e. The van der Waals surface area contributed by atoms with Crippen LogP contribution in [0.1, 0.15) is 26.3 Å². The predicted molar refractivity (Wildman–Crippen MR) is 83.0 cm³/mol. The zero-order chi connectivity index (χ0) is 17.3. The molecule has 122 valence electrons. The average molecular weight is 348 g/mol. The minimum atomic E-state index is -0.830. The maximum absolute atomic E-state index is 13.6. The Hall–Kier alpha value is -2.73. The molecule has 0 bridgehead atoms. The van der Waals surface area contributed by atoms with Crippen LogP contribution in [-0.2, 0) is 16.1 Å². The first-order chi connectivity index (χ1) is 11.5. The molecule has 0 radical (unpaired) electrons. The van der Waals surface area contributed by atoms with Crippen molar-refractivity contribution in [3.63, 3.8) is 0 Å². The van der Waals surface area contributed by atoms with Gasteiger partial charge >= 0.3 is 5.97 Å². The van der Waals surface area contributed by atoms with E-state index in [0.29, 0.717) is 0 Å². The van der Waals surface area contributed by atoms with Crippen molar-refractivity contribution in [2.45, 2.75) is 6.61 Å². The topological polar surface area (TPSA) is 63.7 Å². The van der Waals surface area contributed by atoms with E-state index in [1.807, 2.05) is 0 Å². The summed E-state index contributed by atoms with van der Waals surface area (Å²) in [6.45, 7) is -0.925. The second kappa shape index (κ2) is 6.41. The zero-order valence-corrected chi connectivity index (χ0v) is 13.0. The molecule has 1 heterocycles. The van der Waals surface area contributed by atoms with Gasteiger partial charge in [0.15, 0.2) is 0 Å². The SMILES string of the molecule is O=C(CN1C(=O)c2ccccc2C1=O)OCc1c(F)cccc1Cl. The molecule has 24 heavy (non-hydrogen) atoms. The molecule has 0 unspecified atom stereocenters. The van der Waals surface area contributed by atoms with Crippen LogP contribution in [0, 0.1) is 5.82 Å². The molecule has 2 amide bonds. The Labute approximate surface area is 141 Å². The fraction of sp³-hybridized carbons (Fsp3) is 0.118. The third-order valence-corrected chi connectivity index (χ3v) is 3.96. The van der Waals surface area contributed by atoms with Crippen molar-refractivity contribution in [3.8, 4) is 0 Å². The number of nitrogens with zero attached hydrogens (tertiary/aromatic N) is 1. The van der Waals surface area contributed by atoms with Crippen LogP contribution in [0.2, 0.25) is 5.02 Å². The van der Waals surface area contributed by atoms with Gasteiger partial charge in [-0.05, 0) is 24.3 Å². The first-order valence-corrected chi connectivity index (χ1v) is 7.40.